The molecule has 21 heavy (non-hydrogen) atoms. The van der Waals surface area contributed by atoms with Crippen LogP contribution in [0, 0.1) is 5.41 Å². The van der Waals surface area contributed by atoms with Gasteiger partial charge in [-0.2, -0.15) is 0 Å². The summed E-state index contributed by atoms with van der Waals surface area (Å²) in [6.07, 6.45) is 3.00. The highest BCUT2D eigenvalue weighted by atomic mass is 32.2. The van der Waals surface area contributed by atoms with E-state index in [9.17, 15) is 8.42 Å². The minimum atomic E-state index is -3.08. The lowest BCUT2D eigenvalue weighted by molar-refractivity contribution is 0.311. The maximum atomic E-state index is 11.0. The monoisotopic (exact) mass is 312 g/mol. The second-order valence-electron chi connectivity index (χ2n) is 6.70. The van der Waals surface area contributed by atoms with E-state index in [1.54, 1.807) is 0 Å². The van der Waals surface area contributed by atoms with Crippen LogP contribution in [0.1, 0.15) is 45.2 Å². The third-order valence-electron chi connectivity index (χ3n) is 3.13. The summed E-state index contributed by atoms with van der Waals surface area (Å²) in [5, 5.41) is 3.54. The molecule has 0 aromatic heterocycles. The molecule has 1 aromatic rings. The second-order valence-corrected chi connectivity index (χ2v) is 8.54. The van der Waals surface area contributed by atoms with E-state index in [-0.39, 0.29) is 5.41 Å². The van der Waals surface area contributed by atoms with Crippen LogP contribution in [0.2, 0.25) is 0 Å². The standard InChI is InChI=1S/C16H28N2O2S/c1-16(2,3)13-15(14-9-6-5-7-10-14)17-11-8-12-18-21(4,19)20/h5-7,9-10,15,17-18H,8,11-13H2,1-4H3. The fourth-order valence-electron chi connectivity index (χ4n) is 2.23. The van der Waals surface area contributed by atoms with Gasteiger partial charge in [0.15, 0.2) is 0 Å². The van der Waals surface area contributed by atoms with Gasteiger partial charge < -0.3 is 5.32 Å². The summed E-state index contributed by atoms with van der Waals surface area (Å²) in [4.78, 5) is 0. The molecule has 0 amide bonds. The molecular weight excluding hydrogens is 284 g/mol. The van der Waals surface area contributed by atoms with Crippen LogP contribution >= 0.6 is 0 Å². The second kappa shape index (κ2) is 7.92. The highest BCUT2D eigenvalue weighted by Crippen LogP contribution is 2.29. The molecule has 120 valence electrons. The molecule has 0 saturated carbocycles. The van der Waals surface area contributed by atoms with E-state index in [2.05, 4.69) is 55.1 Å². The first-order chi connectivity index (χ1) is 9.67. The fourth-order valence-corrected chi connectivity index (χ4v) is 2.74. The van der Waals surface area contributed by atoms with Crippen molar-refractivity contribution < 1.29 is 8.42 Å². The van der Waals surface area contributed by atoms with Crippen LogP contribution in [0.4, 0.5) is 0 Å². The van der Waals surface area contributed by atoms with Crippen LogP contribution < -0.4 is 10.0 Å². The molecule has 0 fully saturated rings. The number of sulfonamides is 1. The van der Waals surface area contributed by atoms with Crippen molar-refractivity contribution in [2.45, 2.75) is 39.7 Å². The molecule has 1 rings (SSSR count). The Kier molecular flexibility index (Phi) is 6.84. The van der Waals surface area contributed by atoms with Gasteiger partial charge in [0.2, 0.25) is 10.0 Å². The van der Waals surface area contributed by atoms with Crippen LogP contribution in [0.25, 0.3) is 0 Å². The highest BCUT2D eigenvalue weighted by molar-refractivity contribution is 7.88. The van der Waals surface area contributed by atoms with Crippen LogP contribution in [0.5, 0.6) is 0 Å². The van der Waals surface area contributed by atoms with Crippen molar-refractivity contribution in [3.05, 3.63) is 35.9 Å². The molecule has 0 aliphatic carbocycles. The molecular formula is C16H28N2O2S. The molecule has 0 saturated heterocycles. The van der Waals surface area contributed by atoms with Gasteiger partial charge in [0.25, 0.3) is 0 Å². The Bertz CT molecular complexity index is 507. The van der Waals surface area contributed by atoms with Crippen LogP contribution in [0.3, 0.4) is 0 Å². The van der Waals surface area contributed by atoms with Crippen LogP contribution in [0.15, 0.2) is 30.3 Å². The lowest BCUT2D eigenvalue weighted by Gasteiger charge is -2.27. The van der Waals surface area contributed by atoms with Crippen molar-refractivity contribution in [3.8, 4) is 0 Å². The van der Waals surface area contributed by atoms with E-state index < -0.39 is 10.0 Å². The molecule has 0 spiro atoms. The van der Waals surface area contributed by atoms with E-state index in [0.717, 1.165) is 19.4 Å². The van der Waals surface area contributed by atoms with E-state index in [1.165, 1.54) is 11.8 Å². The average molecular weight is 312 g/mol. The summed E-state index contributed by atoms with van der Waals surface area (Å²) in [6.45, 7) is 7.96. The zero-order valence-electron chi connectivity index (χ0n) is 13.5. The topological polar surface area (TPSA) is 58.2 Å². The summed E-state index contributed by atoms with van der Waals surface area (Å²) in [7, 11) is -3.08. The van der Waals surface area contributed by atoms with Gasteiger partial charge in [0.1, 0.15) is 0 Å². The Morgan fingerprint density at radius 1 is 1.10 bits per heavy atom. The van der Waals surface area contributed by atoms with Crippen molar-refractivity contribution >= 4 is 10.0 Å². The Hall–Kier alpha value is -0.910. The van der Waals surface area contributed by atoms with Gasteiger partial charge in [0.05, 0.1) is 6.26 Å². The van der Waals surface area contributed by atoms with Gasteiger partial charge in [-0.25, -0.2) is 13.1 Å². The van der Waals surface area contributed by atoms with Crippen molar-refractivity contribution in [1.29, 1.82) is 0 Å². The van der Waals surface area contributed by atoms with Crippen molar-refractivity contribution in [3.63, 3.8) is 0 Å². The van der Waals surface area contributed by atoms with E-state index >= 15 is 0 Å². The predicted octanol–water partition coefficient (Wildman–Crippen LogP) is 2.69. The fraction of sp³-hybridized carbons (Fsp3) is 0.625. The van der Waals surface area contributed by atoms with Crippen molar-refractivity contribution in [1.82, 2.24) is 10.0 Å². The third kappa shape index (κ3) is 8.86. The summed E-state index contributed by atoms with van der Waals surface area (Å²) in [5.41, 5.74) is 1.52. The number of hydrogen-bond acceptors (Lipinski definition) is 3. The normalized spacial score (nSPS) is 14.1. The van der Waals surface area contributed by atoms with Gasteiger partial charge in [0, 0.05) is 12.6 Å². The first-order valence-corrected chi connectivity index (χ1v) is 9.29. The summed E-state index contributed by atoms with van der Waals surface area (Å²) in [6, 6.07) is 10.7. The Labute approximate surface area is 129 Å². The third-order valence-corrected chi connectivity index (χ3v) is 3.86. The number of benzene rings is 1. The molecule has 1 unspecified atom stereocenters. The van der Waals surface area contributed by atoms with Crippen LogP contribution in [-0.2, 0) is 10.0 Å². The summed E-state index contributed by atoms with van der Waals surface area (Å²) >= 11 is 0. The van der Waals surface area contributed by atoms with Gasteiger partial charge in [-0.05, 0) is 30.4 Å². The maximum Gasteiger partial charge on any atom is 0.208 e. The van der Waals surface area contributed by atoms with Crippen LogP contribution in [-0.4, -0.2) is 27.8 Å². The molecule has 0 heterocycles. The summed E-state index contributed by atoms with van der Waals surface area (Å²) in [5.74, 6) is 0. The Morgan fingerprint density at radius 3 is 2.24 bits per heavy atom. The minimum absolute atomic E-state index is 0.235. The summed E-state index contributed by atoms with van der Waals surface area (Å²) < 4.78 is 24.5. The lowest BCUT2D eigenvalue weighted by Crippen LogP contribution is -2.30. The van der Waals surface area contributed by atoms with Crippen molar-refractivity contribution in [2.75, 3.05) is 19.3 Å². The zero-order valence-corrected chi connectivity index (χ0v) is 14.3. The number of hydrogen-bond donors (Lipinski definition) is 2. The van der Waals surface area contributed by atoms with E-state index in [0.29, 0.717) is 12.6 Å². The SMILES string of the molecule is CC(C)(C)CC(NCCCNS(C)(=O)=O)c1ccccc1. The van der Waals surface area contributed by atoms with Crippen molar-refractivity contribution in [2.24, 2.45) is 5.41 Å². The maximum absolute atomic E-state index is 11.0. The Balaban J connectivity index is 2.51. The van der Waals surface area contributed by atoms with Gasteiger partial charge in [-0.15, -0.1) is 0 Å². The zero-order chi connectivity index (χ0) is 15.9. The molecule has 0 bridgehead atoms. The minimum Gasteiger partial charge on any atom is -0.310 e. The predicted molar refractivity (Wildman–Crippen MR) is 88.7 cm³/mol. The molecule has 0 radical (unpaired) electrons. The molecule has 1 atom stereocenters. The first kappa shape index (κ1) is 18.1. The molecule has 5 heteroatoms. The average Bonchev–Trinajstić information content (AvgIpc) is 2.35. The van der Waals surface area contributed by atoms with Gasteiger partial charge in [-0.3, -0.25) is 0 Å². The molecule has 0 aliphatic rings. The number of rotatable bonds is 8. The van der Waals surface area contributed by atoms with Gasteiger partial charge in [-0.1, -0.05) is 51.1 Å². The molecule has 4 nitrogen and oxygen atoms in total. The first-order valence-electron chi connectivity index (χ1n) is 7.40. The smallest absolute Gasteiger partial charge is 0.208 e. The Morgan fingerprint density at radius 2 is 1.71 bits per heavy atom. The van der Waals surface area contributed by atoms with E-state index in [1.807, 2.05) is 6.07 Å². The molecule has 1 aromatic carbocycles. The van der Waals surface area contributed by atoms with E-state index in [4.69, 9.17) is 0 Å². The quantitative estimate of drug-likeness (QED) is 0.726. The molecule has 2 N–H and O–H groups in total. The van der Waals surface area contributed by atoms with Gasteiger partial charge >= 0.3 is 0 Å². The number of nitrogens with one attached hydrogen (secondary N) is 2. The molecule has 0 aliphatic heterocycles. The highest BCUT2D eigenvalue weighted by Gasteiger charge is 2.19. The lowest BCUT2D eigenvalue weighted by atomic mass is 9.85. The largest absolute Gasteiger partial charge is 0.310 e.